The standard InChI is InChI=1S/C22H21ClN4O/c1-2-21-25-18-5-3-4-6-20(18)27(21)16-9-10-26(13-16)22(28)19-12-14-11-15(23)7-8-17(14)24-19/h3-8,11-12,16,24H,2,9-10,13H2,1H3/t16-/m1/s1. The number of halogens is 1. The topological polar surface area (TPSA) is 53.9 Å². The number of aromatic nitrogens is 3. The number of hydrogen-bond donors (Lipinski definition) is 1. The van der Waals surface area contributed by atoms with E-state index in [2.05, 4.69) is 28.6 Å². The van der Waals surface area contributed by atoms with Crippen molar-refractivity contribution < 1.29 is 4.79 Å². The van der Waals surface area contributed by atoms with Gasteiger partial charge < -0.3 is 14.5 Å². The van der Waals surface area contributed by atoms with E-state index in [0.29, 0.717) is 17.3 Å². The molecule has 0 aliphatic carbocycles. The fourth-order valence-electron chi connectivity index (χ4n) is 4.28. The van der Waals surface area contributed by atoms with Crippen molar-refractivity contribution in [2.24, 2.45) is 0 Å². The molecule has 1 aliphatic rings. The highest BCUT2D eigenvalue weighted by Gasteiger charge is 2.30. The van der Waals surface area contributed by atoms with Gasteiger partial charge in [-0.2, -0.15) is 0 Å². The van der Waals surface area contributed by atoms with E-state index >= 15 is 0 Å². The second-order valence-electron chi connectivity index (χ2n) is 7.35. The molecule has 1 amide bonds. The lowest BCUT2D eigenvalue weighted by Crippen LogP contribution is -2.29. The highest BCUT2D eigenvalue weighted by atomic mass is 35.5. The number of carbonyl (C=O) groups is 1. The van der Waals surface area contributed by atoms with Crippen LogP contribution in [-0.2, 0) is 6.42 Å². The maximum atomic E-state index is 13.1. The van der Waals surface area contributed by atoms with Gasteiger partial charge >= 0.3 is 0 Å². The summed E-state index contributed by atoms with van der Waals surface area (Å²) in [6.07, 6.45) is 1.81. The number of rotatable bonds is 3. The van der Waals surface area contributed by atoms with Crippen LogP contribution in [0.25, 0.3) is 21.9 Å². The number of hydrogen-bond acceptors (Lipinski definition) is 2. The lowest BCUT2D eigenvalue weighted by atomic mass is 10.2. The van der Waals surface area contributed by atoms with Crippen LogP contribution in [0.3, 0.4) is 0 Å². The van der Waals surface area contributed by atoms with Crippen LogP contribution < -0.4 is 0 Å². The van der Waals surface area contributed by atoms with Gasteiger partial charge in [-0.25, -0.2) is 4.98 Å². The van der Waals surface area contributed by atoms with Crippen molar-refractivity contribution in [3.63, 3.8) is 0 Å². The van der Waals surface area contributed by atoms with Gasteiger partial charge in [0.2, 0.25) is 0 Å². The molecule has 5 nitrogen and oxygen atoms in total. The minimum absolute atomic E-state index is 0.0392. The summed E-state index contributed by atoms with van der Waals surface area (Å²) < 4.78 is 2.33. The molecule has 2 aromatic carbocycles. The molecule has 1 fully saturated rings. The van der Waals surface area contributed by atoms with Crippen LogP contribution in [-0.4, -0.2) is 38.4 Å². The molecule has 1 saturated heterocycles. The highest BCUT2D eigenvalue weighted by Crippen LogP contribution is 2.30. The van der Waals surface area contributed by atoms with E-state index in [4.69, 9.17) is 16.6 Å². The normalized spacial score (nSPS) is 17.1. The van der Waals surface area contributed by atoms with Crippen molar-refractivity contribution in [1.82, 2.24) is 19.4 Å². The predicted octanol–water partition coefficient (Wildman–Crippen LogP) is 4.82. The Balaban J connectivity index is 1.43. The first-order valence-electron chi connectivity index (χ1n) is 9.67. The van der Waals surface area contributed by atoms with Crippen molar-refractivity contribution in [2.75, 3.05) is 13.1 Å². The summed E-state index contributed by atoms with van der Waals surface area (Å²) in [5.41, 5.74) is 3.72. The fraction of sp³-hybridized carbons (Fsp3) is 0.273. The molecule has 6 heteroatoms. The molecule has 0 spiro atoms. The molecule has 2 aromatic heterocycles. The van der Waals surface area contributed by atoms with Gasteiger partial charge in [0.15, 0.2) is 0 Å². The Labute approximate surface area is 167 Å². The lowest BCUT2D eigenvalue weighted by molar-refractivity contribution is 0.0783. The number of amides is 1. The van der Waals surface area contributed by atoms with E-state index in [1.54, 1.807) is 0 Å². The maximum absolute atomic E-state index is 13.1. The number of nitrogens with zero attached hydrogens (tertiary/aromatic N) is 3. The lowest BCUT2D eigenvalue weighted by Gasteiger charge is -2.18. The molecule has 4 aromatic rings. The number of imidazole rings is 1. The van der Waals surface area contributed by atoms with Crippen molar-refractivity contribution >= 4 is 39.4 Å². The number of carbonyl (C=O) groups excluding carboxylic acids is 1. The maximum Gasteiger partial charge on any atom is 0.270 e. The zero-order chi connectivity index (χ0) is 19.3. The summed E-state index contributed by atoms with van der Waals surface area (Å²) >= 11 is 6.07. The van der Waals surface area contributed by atoms with Gasteiger partial charge in [-0.15, -0.1) is 0 Å². The molecule has 5 rings (SSSR count). The number of benzene rings is 2. The summed E-state index contributed by atoms with van der Waals surface area (Å²) in [6, 6.07) is 16.0. The number of nitrogens with one attached hydrogen (secondary N) is 1. The Morgan fingerprint density at radius 1 is 1.25 bits per heavy atom. The second-order valence-corrected chi connectivity index (χ2v) is 7.78. The average Bonchev–Trinajstić information content (AvgIpc) is 3.42. The van der Waals surface area contributed by atoms with Crippen LogP contribution in [0, 0.1) is 0 Å². The van der Waals surface area contributed by atoms with E-state index in [1.807, 2.05) is 41.3 Å². The SMILES string of the molecule is CCc1nc2ccccc2n1[C@@H]1CCN(C(=O)c2cc3cc(Cl)ccc3[nH]2)C1. The van der Waals surface area contributed by atoms with Crippen LogP contribution in [0.5, 0.6) is 0 Å². The molecule has 0 bridgehead atoms. The molecule has 1 atom stereocenters. The number of fused-ring (bicyclic) bond motifs is 2. The molecular weight excluding hydrogens is 372 g/mol. The highest BCUT2D eigenvalue weighted by molar-refractivity contribution is 6.31. The Morgan fingerprint density at radius 3 is 2.96 bits per heavy atom. The number of para-hydroxylation sites is 2. The van der Waals surface area contributed by atoms with Gasteiger partial charge in [-0.3, -0.25) is 4.79 Å². The monoisotopic (exact) mass is 392 g/mol. The van der Waals surface area contributed by atoms with E-state index in [0.717, 1.165) is 47.1 Å². The first-order chi connectivity index (χ1) is 13.6. The number of H-pyrrole nitrogens is 1. The van der Waals surface area contributed by atoms with E-state index in [-0.39, 0.29) is 11.9 Å². The Kier molecular flexibility index (Phi) is 4.13. The molecule has 3 heterocycles. The molecular formula is C22H21ClN4O. The van der Waals surface area contributed by atoms with Crippen LogP contribution in [0.15, 0.2) is 48.5 Å². The molecule has 1 aliphatic heterocycles. The van der Waals surface area contributed by atoms with Crippen LogP contribution >= 0.6 is 11.6 Å². The third kappa shape index (κ3) is 2.78. The van der Waals surface area contributed by atoms with Gasteiger partial charge in [-0.05, 0) is 42.8 Å². The summed E-state index contributed by atoms with van der Waals surface area (Å²) in [4.78, 5) is 23.0. The third-order valence-corrected chi connectivity index (χ3v) is 5.85. The van der Waals surface area contributed by atoms with Crippen molar-refractivity contribution in [3.8, 4) is 0 Å². The number of aromatic amines is 1. The minimum atomic E-state index is 0.0392. The van der Waals surface area contributed by atoms with Gasteiger partial charge in [0.1, 0.15) is 11.5 Å². The van der Waals surface area contributed by atoms with Gasteiger partial charge in [-0.1, -0.05) is 30.7 Å². The van der Waals surface area contributed by atoms with Crippen LogP contribution in [0.2, 0.25) is 5.02 Å². The first-order valence-corrected chi connectivity index (χ1v) is 10.0. The smallest absolute Gasteiger partial charge is 0.270 e. The summed E-state index contributed by atoms with van der Waals surface area (Å²) in [5, 5.41) is 1.63. The quantitative estimate of drug-likeness (QED) is 0.543. The third-order valence-electron chi connectivity index (χ3n) is 5.61. The Morgan fingerprint density at radius 2 is 2.11 bits per heavy atom. The first kappa shape index (κ1) is 17.3. The van der Waals surface area contributed by atoms with Crippen molar-refractivity contribution in [3.05, 3.63) is 65.1 Å². The van der Waals surface area contributed by atoms with Gasteiger partial charge in [0, 0.05) is 35.4 Å². The molecule has 142 valence electrons. The van der Waals surface area contributed by atoms with Crippen molar-refractivity contribution in [1.29, 1.82) is 0 Å². The van der Waals surface area contributed by atoms with Crippen LogP contribution in [0.4, 0.5) is 0 Å². The average molecular weight is 393 g/mol. The summed E-state index contributed by atoms with van der Waals surface area (Å²) in [6.45, 7) is 3.57. The Hall–Kier alpha value is -2.79. The van der Waals surface area contributed by atoms with E-state index in [1.165, 1.54) is 0 Å². The zero-order valence-corrected chi connectivity index (χ0v) is 16.4. The molecule has 0 radical (unpaired) electrons. The summed E-state index contributed by atoms with van der Waals surface area (Å²) in [5.74, 6) is 1.12. The van der Waals surface area contributed by atoms with Crippen LogP contribution in [0.1, 0.15) is 35.7 Å². The Bertz CT molecular complexity index is 1190. The predicted molar refractivity (Wildman–Crippen MR) is 112 cm³/mol. The molecule has 28 heavy (non-hydrogen) atoms. The molecule has 0 unspecified atom stereocenters. The fourth-order valence-corrected chi connectivity index (χ4v) is 4.46. The largest absolute Gasteiger partial charge is 0.351 e. The number of likely N-dealkylation sites (tertiary alicyclic amines) is 1. The molecule has 1 N–H and O–H groups in total. The molecule has 0 saturated carbocycles. The number of aryl methyl sites for hydroxylation is 1. The van der Waals surface area contributed by atoms with E-state index in [9.17, 15) is 4.79 Å². The van der Waals surface area contributed by atoms with Gasteiger partial charge in [0.05, 0.1) is 17.1 Å². The minimum Gasteiger partial charge on any atom is -0.351 e. The zero-order valence-electron chi connectivity index (χ0n) is 15.7. The van der Waals surface area contributed by atoms with E-state index < -0.39 is 0 Å². The summed E-state index contributed by atoms with van der Waals surface area (Å²) in [7, 11) is 0. The van der Waals surface area contributed by atoms with Crippen molar-refractivity contribution in [2.45, 2.75) is 25.8 Å². The second kappa shape index (κ2) is 6.67. The van der Waals surface area contributed by atoms with Gasteiger partial charge in [0.25, 0.3) is 5.91 Å².